The highest BCUT2D eigenvalue weighted by Gasteiger charge is 2.50. The zero-order chi connectivity index (χ0) is 18.6. The molecule has 1 aliphatic carbocycles. The monoisotopic (exact) mass is 348 g/mol. The summed E-state index contributed by atoms with van der Waals surface area (Å²) in [6, 6.07) is 23.7. The fraction of sp³-hybridized carbons (Fsp3) is 0.0769. The second-order valence-electron chi connectivity index (χ2n) is 7.13. The van der Waals surface area contributed by atoms with Crippen molar-refractivity contribution in [3.05, 3.63) is 126 Å². The lowest BCUT2D eigenvalue weighted by molar-refractivity contribution is 0.403. The summed E-state index contributed by atoms with van der Waals surface area (Å²) in [4.78, 5) is 0. The summed E-state index contributed by atoms with van der Waals surface area (Å²) in [6.45, 7) is 10.3. The van der Waals surface area contributed by atoms with Gasteiger partial charge in [-0.1, -0.05) is 85.5 Å². The van der Waals surface area contributed by atoms with Gasteiger partial charge in [0.25, 0.3) is 0 Å². The first-order valence-corrected chi connectivity index (χ1v) is 9.19. The lowest BCUT2D eigenvalue weighted by Gasteiger charge is -2.39. The second-order valence-corrected chi connectivity index (χ2v) is 7.13. The van der Waals surface area contributed by atoms with Crippen LogP contribution in [-0.2, 0) is 5.41 Å². The van der Waals surface area contributed by atoms with Gasteiger partial charge in [0.1, 0.15) is 11.5 Å². The van der Waals surface area contributed by atoms with Gasteiger partial charge in [-0.2, -0.15) is 0 Å². The molecule has 5 rings (SSSR count). The second kappa shape index (κ2) is 5.59. The van der Waals surface area contributed by atoms with Gasteiger partial charge in [0, 0.05) is 11.1 Å². The van der Waals surface area contributed by atoms with E-state index in [9.17, 15) is 0 Å². The number of hydrogen-bond donors (Lipinski definition) is 0. The molecular weight excluding hydrogens is 328 g/mol. The highest BCUT2D eigenvalue weighted by Crippen LogP contribution is 2.60. The highest BCUT2D eigenvalue weighted by atomic mass is 16.5. The van der Waals surface area contributed by atoms with Crippen LogP contribution in [0.25, 0.3) is 11.1 Å². The molecule has 1 heterocycles. The minimum Gasteiger partial charge on any atom is -0.457 e. The van der Waals surface area contributed by atoms with Gasteiger partial charge in [-0.15, -0.1) is 0 Å². The summed E-state index contributed by atoms with van der Waals surface area (Å²) >= 11 is 0. The van der Waals surface area contributed by atoms with Gasteiger partial charge >= 0.3 is 0 Å². The number of ether oxygens (including phenoxy) is 1. The summed E-state index contributed by atoms with van der Waals surface area (Å²) in [7, 11) is 0. The highest BCUT2D eigenvalue weighted by molar-refractivity contribution is 5.88. The Morgan fingerprint density at radius 3 is 2.26 bits per heavy atom. The number of fused-ring (bicyclic) bond motifs is 7. The third kappa shape index (κ3) is 1.89. The Bertz CT molecular complexity index is 1150. The number of hydrogen-bond acceptors (Lipinski definition) is 1. The summed E-state index contributed by atoms with van der Waals surface area (Å²) in [5.41, 5.74) is 8.14. The van der Waals surface area contributed by atoms with Crippen molar-refractivity contribution in [2.45, 2.75) is 12.3 Å². The van der Waals surface area contributed by atoms with E-state index in [0.717, 1.165) is 22.6 Å². The van der Waals surface area contributed by atoms with Crippen molar-refractivity contribution in [1.29, 1.82) is 0 Å². The van der Waals surface area contributed by atoms with E-state index in [1.165, 1.54) is 27.8 Å². The van der Waals surface area contributed by atoms with Crippen LogP contribution in [0.1, 0.15) is 22.3 Å². The normalized spacial score (nSPS) is 19.1. The van der Waals surface area contributed by atoms with Crippen LogP contribution in [0, 0.1) is 6.92 Å². The Labute approximate surface area is 159 Å². The van der Waals surface area contributed by atoms with E-state index in [2.05, 4.69) is 74.7 Å². The molecule has 0 radical (unpaired) electrons. The third-order valence-electron chi connectivity index (χ3n) is 5.77. The Balaban J connectivity index is 2.03. The van der Waals surface area contributed by atoms with Gasteiger partial charge < -0.3 is 4.74 Å². The van der Waals surface area contributed by atoms with Crippen molar-refractivity contribution in [2.24, 2.45) is 0 Å². The maximum Gasteiger partial charge on any atom is 0.132 e. The van der Waals surface area contributed by atoms with Gasteiger partial charge in [0.15, 0.2) is 0 Å². The molecule has 27 heavy (non-hydrogen) atoms. The van der Waals surface area contributed by atoms with Gasteiger partial charge in [-0.3, -0.25) is 0 Å². The van der Waals surface area contributed by atoms with Crippen LogP contribution in [0.5, 0.6) is 5.75 Å². The third-order valence-corrected chi connectivity index (χ3v) is 5.77. The topological polar surface area (TPSA) is 9.23 Å². The maximum absolute atomic E-state index is 6.22. The Morgan fingerprint density at radius 1 is 0.778 bits per heavy atom. The molecule has 1 aliphatic heterocycles. The maximum atomic E-state index is 6.22. The standard InChI is InChI=1S/C26H20O/c1-4-20-24(5-2)27-25-13-9-8-12-23(25)26(20)21-11-7-6-10-18(21)19-16-17(3)14-15-22(19)26/h4-16H,1-2H2,3H3. The molecule has 1 spiro atoms. The van der Waals surface area contributed by atoms with Crippen molar-refractivity contribution in [3.63, 3.8) is 0 Å². The van der Waals surface area contributed by atoms with E-state index in [4.69, 9.17) is 4.74 Å². The van der Waals surface area contributed by atoms with E-state index >= 15 is 0 Å². The lowest BCUT2D eigenvalue weighted by atomic mass is 9.65. The van der Waals surface area contributed by atoms with Crippen LogP contribution < -0.4 is 4.74 Å². The lowest BCUT2D eigenvalue weighted by Crippen LogP contribution is -2.33. The fourth-order valence-corrected chi connectivity index (χ4v) is 4.75. The average Bonchev–Trinajstić information content (AvgIpc) is 2.98. The number of rotatable bonds is 2. The Morgan fingerprint density at radius 2 is 1.48 bits per heavy atom. The predicted octanol–water partition coefficient (Wildman–Crippen LogP) is 6.33. The largest absolute Gasteiger partial charge is 0.457 e. The minimum atomic E-state index is -0.431. The number of aryl methyl sites for hydroxylation is 1. The first kappa shape index (κ1) is 15.9. The SMILES string of the molecule is C=CC1=C(C=C)C2(c3ccccc3O1)c1ccccc1-c1cc(C)ccc12. The quantitative estimate of drug-likeness (QED) is 0.526. The van der Waals surface area contributed by atoms with Crippen molar-refractivity contribution in [2.75, 3.05) is 0 Å². The molecule has 0 aromatic heterocycles. The molecule has 0 fully saturated rings. The van der Waals surface area contributed by atoms with E-state index in [1.807, 2.05) is 18.2 Å². The zero-order valence-corrected chi connectivity index (χ0v) is 15.3. The van der Waals surface area contributed by atoms with Crippen LogP contribution >= 0.6 is 0 Å². The smallest absolute Gasteiger partial charge is 0.132 e. The van der Waals surface area contributed by atoms with E-state index < -0.39 is 5.41 Å². The Hall–Kier alpha value is -3.32. The van der Waals surface area contributed by atoms with Crippen LogP contribution in [-0.4, -0.2) is 0 Å². The summed E-state index contributed by atoms with van der Waals surface area (Å²) in [5, 5.41) is 0. The average molecular weight is 348 g/mol. The van der Waals surface area contributed by atoms with E-state index in [1.54, 1.807) is 6.08 Å². The number of para-hydroxylation sites is 1. The van der Waals surface area contributed by atoms with Crippen LogP contribution in [0.4, 0.5) is 0 Å². The van der Waals surface area contributed by atoms with Crippen LogP contribution in [0.15, 0.2) is 103 Å². The van der Waals surface area contributed by atoms with Crippen molar-refractivity contribution < 1.29 is 4.74 Å². The first-order chi connectivity index (χ1) is 13.2. The van der Waals surface area contributed by atoms with E-state index in [0.29, 0.717) is 0 Å². The van der Waals surface area contributed by atoms with Gasteiger partial charge in [-0.25, -0.2) is 0 Å². The predicted molar refractivity (Wildman–Crippen MR) is 111 cm³/mol. The summed E-state index contributed by atoms with van der Waals surface area (Å²) < 4.78 is 6.22. The van der Waals surface area contributed by atoms with Crippen LogP contribution in [0.3, 0.4) is 0 Å². The molecule has 3 aromatic carbocycles. The van der Waals surface area contributed by atoms with Crippen molar-refractivity contribution in [3.8, 4) is 16.9 Å². The summed E-state index contributed by atoms with van der Waals surface area (Å²) in [5.74, 6) is 1.65. The number of allylic oxidation sites excluding steroid dienone is 3. The minimum absolute atomic E-state index is 0.431. The molecule has 1 nitrogen and oxygen atoms in total. The molecule has 2 aliphatic rings. The molecule has 3 aromatic rings. The molecular formula is C26H20O. The zero-order valence-electron chi connectivity index (χ0n) is 15.3. The summed E-state index contributed by atoms with van der Waals surface area (Å²) in [6.07, 6.45) is 3.72. The molecule has 0 amide bonds. The van der Waals surface area contributed by atoms with Gasteiger partial charge in [-0.05, 0) is 41.3 Å². The first-order valence-electron chi connectivity index (χ1n) is 9.19. The van der Waals surface area contributed by atoms with Gasteiger partial charge in [0.05, 0.1) is 5.41 Å². The molecule has 1 unspecified atom stereocenters. The molecule has 0 bridgehead atoms. The molecule has 1 heteroatoms. The van der Waals surface area contributed by atoms with E-state index in [-0.39, 0.29) is 0 Å². The fourth-order valence-electron chi connectivity index (χ4n) is 4.75. The molecule has 130 valence electrons. The molecule has 0 saturated heterocycles. The molecule has 1 atom stereocenters. The van der Waals surface area contributed by atoms with Crippen molar-refractivity contribution >= 4 is 0 Å². The molecule has 0 N–H and O–H groups in total. The number of benzene rings is 3. The molecule has 0 saturated carbocycles. The van der Waals surface area contributed by atoms with Crippen LogP contribution in [0.2, 0.25) is 0 Å². The Kier molecular flexibility index (Phi) is 3.29. The van der Waals surface area contributed by atoms with Gasteiger partial charge in [0.2, 0.25) is 0 Å². The van der Waals surface area contributed by atoms with Crippen molar-refractivity contribution in [1.82, 2.24) is 0 Å².